The van der Waals surface area contributed by atoms with E-state index in [0.717, 1.165) is 25.7 Å². The molecule has 2 atom stereocenters. The Bertz CT molecular complexity index is 828. The van der Waals surface area contributed by atoms with Gasteiger partial charge in [0.15, 0.2) is 0 Å². The monoisotopic (exact) mass is 876 g/mol. The summed E-state index contributed by atoms with van der Waals surface area (Å²) in [6.45, 7) is 16.5. The number of ether oxygens (including phenoxy) is 2. The molecule has 0 aliphatic heterocycles. The van der Waals surface area contributed by atoms with Crippen molar-refractivity contribution in [2.45, 2.75) is 311 Å². The van der Waals surface area contributed by atoms with E-state index in [0.29, 0.717) is 37.9 Å². The molecular weight excluding hydrogens is 763 g/mol. The van der Waals surface area contributed by atoms with E-state index in [1.807, 2.05) is 0 Å². The molecular formula is C57H113NO4. The van der Waals surface area contributed by atoms with Crippen molar-refractivity contribution in [2.24, 2.45) is 11.8 Å². The van der Waals surface area contributed by atoms with Crippen LogP contribution in [0.15, 0.2) is 0 Å². The predicted octanol–water partition coefficient (Wildman–Crippen LogP) is 18.5. The number of nitrogens with zero attached hydrogens (tertiary/aromatic N) is 1. The molecule has 5 heteroatoms. The number of carbonyl (C=O) groups is 2. The highest BCUT2D eigenvalue weighted by Gasteiger charge is 2.14. The van der Waals surface area contributed by atoms with Crippen molar-refractivity contribution >= 4 is 11.9 Å². The molecule has 0 radical (unpaired) electrons. The highest BCUT2D eigenvalue weighted by Crippen LogP contribution is 2.22. The second-order valence-electron chi connectivity index (χ2n) is 19.9. The van der Waals surface area contributed by atoms with E-state index in [1.54, 1.807) is 0 Å². The van der Waals surface area contributed by atoms with Gasteiger partial charge in [0, 0.05) is 12.8 Å². The zero-order valence-electron chi connectivity index (χ0n) is 43.2. The van der Waals surface area contributed by atoms with Crippen LogP contribution >= 0.6 is 0 Å². The maximum Gasteiger partial charge on any atom is 0.305 e. The van der Waals surface area contributed by atoms with Gasteiger partial charge in [0.05, 0.1) is 13.2 Å². The Hall–Kier alpha value is -1.10. The Labute approximate surface area is 389 Å². The summed E-state index contributed by atoms with van der Waals surface area (Å²) in [5.41, 5.74) is 0. The Morgan fingerprint density at radius 3 is 0.855 bits per heavy atom. The summed E-state index contributed by atoms with van der Waals surface area (Å²) < 4.78 is 11.7. The molecule has 0 aromatic rings. The second kappa shape index (κ2) is 50.9. The van der Waals surface area contributed by atoms with Crippen molar-refractivity contribution in [3.63, 3.8) is 0 Å². The highest BCUT2D eigenvalue weighted by molar-refractivity contribution is 5.69. The number of carbonyl (C=O) groups excluding carboxylic acids is 2. The minimum absolute atomic E-state index is 0.0362. The first-order valence-electron chi connectivity index (χ1n) is 28.5. The van der Waals surface area contributed by atoms with Crippen LogP contribution in [0.3, 0.4) is 0 Å². The molecule has 0 saturated carbocycles. The molecule has 0 heterocycles. The van der Waals surface area contributed by atoms with Gasteiger partial charge in [-0.25, -0.2) is 0 Å². The molecule has 0 bridgehead atoms. The first-order valence-corrected chi connectivity index (χ1v) is 28.5. The molecule has 0 saturated heterocycles. The maximum atomic E-state index is 12.6. The Balaban J connectivity index is 4.09. The molecule has 0 aliphatic carbocycles. The minimum atomic E-state index is 0.0362. The van der Waals surface area contributed by atoms with E-state index >= 15 is 0 Å². The molecule has 370 valence electrons. The van der Waals surface area contributed by atoms with Crippen molar-refractivity contribution in [3.05, 3.63) is 0 Å². The Morgan fingerprint density at radius 2 is 0.532 bits per heavy atom. The van der Waals surface area contributed by atoms with Crippen LogP contribution in [0.1, 0.15) is 311 Å². The van der Waals surface area contributed by atoms with Gasteiger partial charge < -0.3 is 14.4 Å². The lowest BCUT2D eigenvalue weighted by atomic mass is 9.95. The lowest BCUT2D eigenvalue weighted by molar-refractivity contribution is -0.146. The molecule has 62 heavy (non-hydrogen) atoms. The second-order valence-corrected chi connectivity index (χ2v) is 19.9. The maximum absolute atomic E-state index is 12.6. The van der Waals surface area contributed by atoms with Crippen LogP contribution in [-0.2, 0) is 19.1 Å². The lowest BCUT2D eigenvalue weighted by Gasteiger charge is -2.22. The zero-order valence-corrected chi connectivity index (χ0v) is 43.2. The number of hydrogen-bond acceptors (Lipinski definition) is 5. The van der Waals surface area contributed by atoms with Crippen molar-refractivity contribution in [1.82, 2.24) is 4.90 Å². The molecule has 0 fully saturated rings. The van der Waals surface area contributed by atoms with Crippen molar-refractivity contribution < 1.29 is 19.1 Å². The summed E-state index contributed by atoms with van der Waals surface area (Å²) in [7, 11) is 0. The number of unbranched alkanes of at least 4 members (excludes halogenated alkanes) is 30. The Morgan fingerprint density at radius 1 is 0.306 bits per heavy atom. The molecule has 0 aromatic heterocycles. The summed E-state index contributed by atoms with van der Waals surface area (Å²) in [5.74, 6) is 1.19. The van der Waals surface area contributed by atoms with E-state index < -0.39 is 0 Å². The summed E-state index contributed by atoms with van der Waals surface area (Å²) in [6.07, 6.45) is 53.8. The van der Waals surface area contributed by atoms with E-state index in [1.165, 1.54) is 257 Å². The molecule has 0 N–H and O–H groups in total. The van der Waals surface area contributed by atoms with Gasteiger partial charge in [-0.2, -0.15) is 0 Å². The fourth-order valence-corrected chi connectivity index (χ4v) is 9.23. The quantitative estimate of drug-likeness (QED) is 0.0450. The van der Waals surface area contributed by atoms with Gasteiger partial charge >= 0.3 is 11.9 Å². The third kappa shape index (κ3) is 45.5. The first-order chi connectivity index (χ1) is 30.5. The van der Waals surface area contributed by atoms with Crippen molar-refractivity contribution in [1.29, 1.82) is 0 Å². The number of hydrogen-bond donors (Lipinski definition) is 0. The van der Waals surface area contributed by atoms with E-state index in [4.69, 9.17) is 9.47 Å². The van der Waals surface area contributed by atoms with Crippen LogP contribution < -0.4 is 0 Å². The molecule has 2 unspecified atom stereocenters. The van der Waals surface area contributed by atoms with E-state index in [-0.39, 0.29) is 11.9 Å². The standard InChI is InChI=1S/C57H113NO4/c1-6-11-16-20-28-36-45-54(43-34-18-13-8-3)52-61-56(59)47-38-30-24-22-26-32-41-50-58(49-40-15-10-5)51-42-33-27-23-25-31-39-48-57(60)62-53-55(44-35-19-14-9-4)46-37-29-21-17-12-7-2/h54-55H,6-53H2,1-5H3. The van der Waals surface area contributed by atoms with E-state index in [9.17, 15) is 9.59 Å². The SMILES string of the molecule is CCCCCCCCC(CCCCCC)COC(=O)CCCCCCCCCN(CCCCC)CCCCCCCCCC(=O)OCC(CCCCCC)CCCCCCCC. The average molecular weight is 877 g/mol. The van der Waals surface area contributed by atoms with Gasteiger partial charge in [-0.3, -0.25) is 9.59 Å². The summed E-state index contributed by atoms with van der Waals surface area (Å²) >= 11 is 0. The molecule has 0 spiro atoms. The smallest absolute Gasteiger partial charge is 0.305 e. The van der Waals surface area contributed by atoms with Gasteiger partial charge in [-0.05, 0) is 89.3 Å². The van der Waals surface area contributed by atoms with Crippen LogP contribution in [0.4, 0.5) is 0 Å². The predicted molar refractivity (Wildman–Crippen MR) is 272 cm³/mol. The fourth-order valence-electron chi connectivity index (χ4n) is 9.23. The van der Waals surface area contributed by atoms with Crippen molar-refractivity contribution in [2.75, 3.05) is 32.8 Å². The minimum Gasteiger partial charge on any atom is -0.465 e. The average Bonchev–Trinajstić information content (AvgIpc) is 3.27. The van der Waals surface area contributed by atoms with Crippen LogP contribution in [0.25, 0.3) is 0 Å². The van der Waals surface area contributed by atoms with Gasteiger partial charge in [0.25, 0.3) is 0 Å². The zero-order chi connectivity index (χ0) is 45.2. The van der Waals surface area contributed by atoms with Crippen molar-refractivity contribution in [3.8, 4) is 0 Å². The third-order valence-corrected chi connectivity index (χ3v) is 13.6. The van der Waals surface area contributed by atoms with Crippen LogP contribution in [0, 0.1) is 11.8 Å². The molecule has 0 amide bonds. The van der Waals surface area contributed by atoms with Gasteiger partial charge in [-0.1, -0.05) is 240 Å². The highest BCUT2D eigenvalue weighted by atomic mass is 16.5. The third-order valence-electron chi connectivity index (χ3n) is 13.6. The Kier molecular flexibility index (Phi) is 50.0. The first kappa shape index (κ1) is 60.9. The van der Waals surface area contributed by atoms with Gasteiger partial charge in [-0.15, -0.1) is 0 Å². The van der Waals surface area contributed by atoms with Crippen LogP contribution in [-0.4, -0.2) is 49.7 Å². The summed E-state index contributed by atoms with van der Waals surface area (Å²) in [4.78, 5) is 27.9. The molecule has 0 aromatic carbocycles. The van der Waals surface area contributed by atoms with E-state index in [2.05, 4.69) is 39.5 Å². The topological polar surface area (TPSA) is 55.8 Å². The van der Waals surface area contributed by atoms with Crippen LogP contribution in [0.2, 0.25) is 0 Å². The summed E-state index contributed by atoms with van der Waals surface area (Å²) in [5, 5.41) is 0. The van der Waals surface area contributed by atoms with Gasteiger partial charge in [0.2, 0.25) is 0 Å². The molecule has 5 nitrogen and oxygen atoms in total. The summed E-state index contributed by atoms with van der Waals surface area (Å²) in [6, 6.07) is 0. The van der Waals surface area contributed by atoms with Gasteiger partial charge in [0.1, 0.15) is 0 Å². The molecule has 0 rings (SSSR count). The molecule has 0 aliphatic rings. The lowest BCUT2D eigenvalue weighted by Crippen LogP contribution is -2.27. The largest absolute Gasteiger partial charge is 0.465 e. The normalized spacial score (nSPS) is 12.6. The number of esters is 2. The number of rotatable bonds is 52. The fraction of sp³-hybridized carbons (Fsp3) is 0.965. The van der Waals surface area contributed by atoms with Crippen LogP contribution in [0.5, 0.6) is 0 Å².